The van der Waals surface area contributed by atoms with Crippen LogP contribution in [0.4, 0.5) is 16.2 Å². The lowest BCUT2D eigenvalue weighted by Gasteiger charge is -2.32. The number of carbonyl (C=O) groups excluding carboxylic acids is 1. The zero-order chi connectivity index (χ0) is 17.8. The van der Waals surface area contributed by atoms with Crippen molar-refractivity contribution in [1.29, 1.82) is 0 Å². The molecule has 0 unspecified atom stereocenters. The number of hydrogen-bond acceptors (Lipinski definition) is 4. The lowest BCUT2D eigenvalue weighted by atomic mass is 10.00. The number of urea groups is 1. The number of amides is 2. The molecule has 0 fully saturated rings. The first-order valence-electron chi connectivity index (χ1n) is 8.31. The summed E-state index contributed by atoms with van der Waals surface area (Å²) in [7, 11) is 3.31. The van der Waals surface area contributed by atoms with E-state index in [2.05, 4.69) is 17.0 Å². The maximum absolute atomic E-state index is 11.6. The Labute approximate surface area is 147 Å². The van der Waals surface area contributed by atoms with Crippen molar-refractivity contribution in [2.45, 2.75) is 19.4 Å². The molecule has 2 amide bonds. The van der Waals surface area contributed by atoms with Crippen LogP contribution in [0.1, 0.15) is 17.5 Å². The molecule has 132 valence electrons. The molecular formula is C19H23N3O3. The van der Waals surface area contributed by atoms with Crippen LogP contribution in [0.15, 0.2) is 42.5 Å². The smallest absolute Gasteiger partial charge is 0.345 e. The van der Waals surface area contributed by atoms with E-state index in [-0.39, 0.29) is 0 Å². The maximum atomic E-state index is 11.6. The summed E-state index contributed by atoms with van der Waals surface area (Å²) in [6.45, 7) is 1.81. The van der Waals surface area contributed by atoms with Crippen LogP contribution in [0, 0.1) is 0 Å². The summed E-state index contributed by atoms with van der Waals surface area (Å²) in [4.78, 5) is 15.3. The first-order valence-corrected chi connectivity index (χ1v) is 8.31. The van der Waals surface area contributed by atoms with Crippen molar-refractivity contribution >= 4 is 17.4 Å². The van der Waals surface area contributed by atoms with Crippen LogP contribution in [-0.2, 0) is 13.0 Å². The van der Waals surface area contributed by atoms with Gasteiger partial charge >= 0.3 is 6.03 Å². The second kappa shape index (κ2) is 7.44. The highest BCUT2D eigenvalue weighted by atomic mass is 16.5. The molecule has 0 radical (unpaired) electrons. The van der Waals surface area contributed by atoms with E-state index in [9.17, 15) is 4.79 Å². The number of nitrogens with one attached hydrogen (secondary N) is 1. The third kappa shape index (κ3) is 3.69. The normalized spacial score (nSPS) is 13.2. The van der Waals surface area contributed by atoms with Crippen molar-refractivity contribution in [3.8, 4) is 5.75 Å². The van der Waals surface area contributed by atoms with Crippen molar-refractivity contribution in [3.05, 3.63) is 53.6 Å². The van der Waals surface area contributed by atoms with E-state index in [1.807, 2.05) is 30.3 Å². The Hall–Kier alpha value is -2.73. The molecule has 0 bridgehead atoms. The second-order valence-electron chi connectivity index (χ2n) is 6.17. The topological polar surface area (TPSA) is 65.0 Å². The fraction of sp³-hybridized carbons (Fsp3) is 0.316. The molecule has 1 aliphatic rings. The average Bonchev–Trinajstić information content (AvgIpc) is 2.66. The lowest BCUT2D eigenvalue weighted by Crippen LogP contribution is -2.35. The van der Waals surface area contributed by atoms with Crippen molar-refractivity contribution in [2.75, 3.05) is 30.5 Å². The molecule has 1 aliphatic heterocycles. The van der Waals surface area contributed by atoms with Crippen molar-refractivity contribution in [3.63, 3.8) is 0 Å². The van der Waals surface area contributed by atoms with Gasteiger partial charge in [-0.1, -0.05) is 12.1 Å². The van der Waals surface area contributed by atoms with Crippen molar-refractivity contribution in [1.82, 2.24) is 5.48 Å². The number of aryl methyl sites for hydroxylation is 1. The SMILES string of the molecule is COc1cccc(CN2CCCc3cc(N(C)C(=O)NO)ccc32)c1. The third-order valence-corrected chi connectivity index (χ3v) is 4.57. The second-order valence-corrected chi connectivity index (χ2v) is 6.17. The molecule has 25 heavy (non-hydrogen) atoms. The number of hydrogen-bond donors (Lipinski definition) is 2. The Bertz CT molecular complexity index is 763. The van der Waals surface area contributed by atoms with Gasteiger partial charge in [0.1, 0.15) is 5.75 Å². The molecule has 2 N–H and O–H groups in total. The summed E-state index contributed by atoms with van der Waals surface area (Å²) in [5.41, 5.74) is 6.02. The molecule has 0 atom stereocenters. The molecule has 6 heteroatoms. The fourth-order valence-electron chi connectivity index (χ4n) is 3.22. The van der Waals surface area contributed by atoms with E-state index in [0.29, 0.717) is 0 Å². The molecule has 6 nitrogen and oxygen atoms in total. The number of ether oxygens (including phenoxy) is 1. The van der Waals surface area contributed by atoms with Crippen LogP contribution in [0.5, 0.6) is 5.75 Å². The summed E-state index contributed by atoms with van der Waals surface area (Å²) in [6.07, 6.45) is 2.04. The van der Waals surface area contributed by atoms with E-state index in [0.717, 1.165) is 37.4 Å². The van der Waals surface area contributed by atoms with Gasteiger partial charge in [0, 0.05) is 31.5 Å². The minimum atomic E-state index is -0.552. The standard InChI is InChI=1S/C19H23N3O3/c1-21(19(23)20-24)16-8-9-18-15(12-16)6-4-10-22(18)13-14-5-3-7-17(11-14)25-2/h3,5,7-9,11-12,24H,4,6,10,13H2,1-2H3,(H,20,23). The number of carbonyl (C=O) groups is 1. The van der Waals surface area contributed by atoms with E-state index in [1.165, 1.54) is 21.7 Å². The van der Waals surface area contributed by atoms with Gasteiger partial charge in [-0.05, 0) is 54.3 Å². The third-order valence-electron chi connectivity index (χ3n) is 4.57. The minimum Gasteiger partial charge on any atom is -0.497 e. The average molecular weight is 341 g/mol. The molecule has 3 rings (SSSR count). The highest BCUT2D eigenvalue weighted by Gasteiger charge is 2.19. The molecule has 1 heterocycles. The lowest BCUT2D eigenvalue weighted by molar-refractivity contribution is 0.168. The van der Waals surface area contributed by atoms with E-state index < -0.39 is 6.03 Å². The molecule has 0 spiro atoms. The van der Waals surface area contributed by atoms with Gasteiger partial charge in [-0.25, -0.2) is 10.3 Å². The van der Waals surface area contributed by atoms with E-state index in [4.69, 9.17) is 9.94 Å². The van der Waals surface area contributed by atoms with Crippen LogP contribution >= 0.6 is 0 Å². The van der Waals surface area contributed by atoms with Crippen LogP contribution in [0.25, 0.3) is 0 Å². The summed E-state index contributed by atoms with van der Waals surface area (Å²) in [5.74, 6) is 0.863. The van der Waals surface area contributed by atoms with E-state index >= 15 is 0 Å². The maximum Gasteiger partial charge on any atom is 0.345 e. The largest absolute Gasteiger partial charge is 0.497 e. The van der Waals surface area contributed by atoms with Crippen LogP contribution in [0.2, 0.25) is 0 Å². The summed E-state index contributed by atoms with van der Waals surface area (Å²) in [5, 5.41) is 8.79. The van der Waals surface area contributed by atoms with Crippen molar-refractivity contribution < 1.29 is 14.7 Å². The highest BCUT2D eigenvalue weighted by molar-refractivity contribution is 5.91. The summed E-state index contributed by atoms with van der Waals surface area (Å²) in [6, 6.07) is 13.5. The molecule has 0 aromatic heterocycles. The number of anilines is 2. The highest BCUT2D eigenvalue weighted by Crippen LogP contribution is 2.32. The molecule has 0 saturated carbocycles. The Morgan fingerprint density at radius 1 is 1.32 bits per heavy atom. The predicted molar refractivity (Wildman–Crippen MR) is 97.5 cm³/mol. The number of fused-ring (bicyclic) bond motifs is 1. The Balaban J connectivity index is 1.83. The molecule has 0 saturated heterocycles. The van der Waals surface area contributed by atoms with Gasteiger partial charge in [0.05, 0.1) is 7.11 Å². The summed E-state index contributed by atoms with van der Waals surface area (Å²) < 4.78 is 5.31. The van der Waals surface area contributed by atoms with Gasteiger partial charge in [0.25, 0.3) is 0 Å². The Kier molecular flexibility index (Phi) is 5.09. The summed E-state index contributed by atoms with van der Waals surface area (Å²) >= 11 is 0. The fourth-order valence-corrected chi connectivity index (χ4v) is 3.22. The molecule has 2 aromatic carbocycles. The van der Waals surface area contributed by atoms with Crippen LogP contribution in [0.3, 0.4) is 0 Å². The van der Waals surface area contributed by atoms with Gasteiger partial charge in [0.2, 0.25) is 0 Å². The number of nitrogens with zero attached hydrogens (tertiary/aromatic N) is 2. The Morgan fingerprint density at radius 3 is 2.92 bits per heavy atom. The van der Waals surface area contributed by atoms with Crippen LogP contribution < -0.4 is 20.0 Å². The first-order chi connectivity index (χ1) is 12.1. The van der Waals surface area contributed by atoms with Gasteiger partial charge in [0.15, 0.2) is 0 Å². The number of methoxy groups -OCH3 is 1. The zero-order valence-corrected chi connectivity index (χ0v) is 14.5. The molecule has 2 aromatic rings. The molecular weight excluding hydrogens is 318 g/mol. The van der Waals surface area contributed by atoms with Crippen LogP contribution in [-0.4, -0.2) is 31.9 Å². The minimum absolute atomic E-state index is 0.552. The van der Waals surface area contributed by atoms with Gasteiger partial charge in [-0.3, -0.25) is 10.1 Å². The monoisotopic (exact) mass is 341 g/mol. The van der Waals surface area contributed by atoms with Crippen molar-refractivity contribution in [2.24, 2.45) is 0 Å². The quantitative estimate of drug-likeness (QED) is 0.662. The number of benzene rings is 2. The van der Waals surface area contributed by atoms with E-state index in [1.54, 1.807) is 19.6 Å². The molecule has 0 aliphatic carbocycles. The number of hydroxylamine groups is 1. The zero-order valence-electron chi connectivity index (χ0n) is 14.5. The van der Waals surface area contributed by atoms with Gasteiger partial charge in [-0.2, -0.15) is 0 Å². The number of rotatable bonds is 4. The first kappa shape index (κ1) is 17.1. The Morgan fingerprint density at radius 2 is 2.16 bits per heavy atom. The van der Waals surface area contributed by atoms with Gasteiger partial charge < -0.3 is 9.64 Å². The predicted octanol–water partition coefficient (Wildman–Crippen LogP) is 3.18. The van der Waals surface area contributed by atoms with Gasteiger partial charge in [-0.15, -0.1) is 0 Å².